The molecule has 3 heteroatoms. The van der Waals surface area contributed by atoms with Gasteiger partial charge in [-0.05, 0) is 62.0 Å². The monoisotopic (exact) mass is 426 g/mol. The summed E-state index contributed by atoms with van der Waals surface area (Å²) in [6, 6.07) is 31.6. The molecule has 0 aromatic heterocycles. The molecular formula is C29H34N2O. The molecule has 166 valence electrons. The lowest BCUT2D eigenvalue weighted by Crippen LogP contribution is -2.65. The Balaban J connectivity index is 1.60. The number of ether oxygens (including phenoxy) is 1. The van der Waals surface area contributed by atoms with Gasteiger partial charge in [-0.1, -0.05) is 72.8 Å². The van der Waals surface area contributed by atoms with Gasteiger partial charge in [-0.15, -0.1) is 0 Å². The van der Waals surface area contributed by atoms with Crippen LogP contribution in [0, 0.1) is 5.92 Å². The fraction of sp³-hybridized carbons (Fsp3) is 0.379. The van der Waals surface area contributed by atoms with Crippen LogP contribution < -0.4 is 9.64 Å². The lowest BCUT2D eigenvalue weighted by atomic mass is 9.70. The van der Waals surface area contributed by atoms with Gasteiger partial charge in [0.1, 0.15) is 5.75 Å². The Bertz CT molecular complexity index is 958. The van der Waals surface area contributed by atoms with Crippen molar-refractivity contribution in [2.45, 2.75) is 37.8 Å². The quantitative estimate of drug-likeness (QED) is 0.474. The first kappa shape index (κ1) is 21.1. The van der Waals surface area contributed by atoms with Crippen LogP contribution in [0.4, 0.5) is 5.69 Å². The molecule has 0 saturated carbocycles. The summed E-state index contributed by atoms with van der Waals surface area (Å²) in [5, 5.41) is 0. The van der Waals surface area contributed by atoms with Gasteiger partial charge in [-0.25, -0.2) is 0 Å². The molecule has 3 aliphatic rings. The van der Waals surface area contributed by atoms with Crippen molar-refractivity contribution in [3.8, 4) is 5.75 Å². The molecule has 3 fully saturated rings. The Morgan fingerprint density at radius 3 is 2.00 bits per heavy atom. The first-order valence-electron chi connectivity index (χ1n) is 12.1. The molecule has 0 aliphatic carbocycles. The summed E-state index contributed by atoms with van der Waals surface area (Å²) < 4.78 is 6.04. The van der Waals surface area contributed by atoms with Crippen molar-refractivity contribution in [2.24, 2.45) is 5.92 Å². The molecule has 3 heterocycles. The van der Waals surface area contributed by atoms with Gasteiger partial charge >= 0.3 is 0 Å². The van der Waals surface area contributed by atoms with Crippen LogP contribution in [0.25, 0.3) is 0 Å². The van der Waals surface area contributed by atoms with Gasteiger partial charge in [0, 0.05) is 25.0 Å². The number of likely N-dealkylation sites (N-methyl/N-ethyl adjacent to an activating group) is 1. The summed E-state index contributed by atoms with van der Waals surface area (Å²) in [4.78, 5) is 5.29. The molecule has 0 spiro atoms. The number of anilines is 1. The van der Waals surface area contributed by atoms with E-state index in [0.29, 0.717) is 30.5 Å². The largest absolute Gasteiger partial charge is 0.492 e. The number of hydrogen-bond acceptors (Lipinski definition) is 3. The van der Waals surface area contributed by atoms with Crippen molar-refractivity contribution in [3.63, 3.8) is 0 Å². The number of para-hydroxylation sites is 2. The van der Waals surface area contributed by atoms with Crippen LogP contribution in [0.1, 0.15) is 36.8 Å². The summed E-state index contributed by atoms with van der Waals surface area (Å²) >= 11 is 0. The SMILES string of the molecule is CCOc1ccccc1N(C)[C@@H]1C2CCN(CC2)[C@@H]1C(c1ccccc1)c1ccccc1. The molecule has 2 atom stereocenters. The van der Waals surface area contributed by atoms with Crippen LogP contribution in [0.15, 0.2) is 84.9 Å². The zero-order valence-corrected chi connectivity index (χ0v) is 19.2. The molecule has 0 radical (unpaired) electrons. The molecule has 0 unspecified atom stereocenters. The zero-order valence-electron chi connectivity index (χ0n) is 19.2. The van der Waals surface area contributed by atoms with E-state index in [4.69, 9.17) is 4.74 Å². The standard InChI is InChI=1S/C29H34N2O/c1-3-32-26-17-11-10-16-25(26)30(2)28-24-18-20-31(21-19-24)29(28)27(22-12-6-4-7-13-22)23-14-8-5-9-15-23/h4-17,24,27-29H,3,18-21H2,1-2H3/t28-,29-/m1/s1. The molecule has 2 bridgehead atoms. The zero-order chi connectivity index (χ0) is 21.9. The minimum atomic E-state index is 0.340. The van der Waals surface area contributed by atoms with Gasteiger partial charge in [0.15, 0.2) is 0 Å². The average Bonchev–Trinajstić information content (AvgIpc) is 2.86. The number of rotatable bonds is 7. The number of fused-ring (bicyclic) bond motifs is 3. The van der Waals surface area contributed by atoms with Gasteiger partial charge in [-0.2, -0.15) is 0 Å². The molecule has 0 N–H and O–H groups in total. The number of benzene rings is 3. The lowest BCUT2D eigenvalue weighted by molar-refractivity contribution is 0.0185. The first-order valence-corrected chi connectivity index (χ1v) is 12.1. The number of nitrogens with zero attached hydrogens (tertiary/aromatic N) is 2. The van der Waals surface area contributed by atoms with E-state index in [-0.39, 0.29) is 0 Å². The third kappa shape index (κ3) is 3.91. The smallest absolute Gasteiger partial charge is 0.142 e. The summed E-state index contributed by atoms with van der Waals surface area (Å²) in [7, 11) is 2.28. The topological polar surface area (TPSA) is 15.7 Å². The van der Waals surface area contributed by atoms with Crippen molar-refractivity contribution in [1.82, 2.24) is 4.90 Å². The third-order valence-corrected chi connectivity index (χ3v) is 7.48. The van der Waals surface area contributed by atoms with Crippen molar-refractivity contribution >= 4 is 5.69 Å². The van der Waals surface area contributed by atoms with Crippen LogP contribution in [0.2, 0.25) is 0 Å². The van der Waals surface area contributed by atoms with Crippen LogP contribution in [-0.4, -0.2) is 43.7 Å². The van der Waals surface area contributed by atoms with E-state index >= 15 is 0 Å². The molecule has 3 aliphatic heterocycles. The van der Waals surface area contributed by atoms with E-state index in [1.165, 1.54) is 42.7 Å². The minimum Gasteiger partial charge on any atom is -0.492 e. The molecule has 6 rings (SSSR count). The third-order valence-electron chi connectivity index (χ3n) is 7.48. The highest BCUT2D eigenvalue weighted by atomic mass is 16.5. The Kier molecular flexibility index (Phi) is 6.18. The summed E-state index contributed by atoms with van der Waals surface area (Å²) in [5.41, 5.74) is 4.03. The molecule has 3 aromatic rings. The van der Waals surface area contributed by atoms with Crippen LogP contribution in [-0.2, 0) is 0 Å². The highest BCUT2D eigenvalue weighted by Gasteiger charge is 2.48. The fourth-order valence-electron chi connectivity index (χ4n) is 6.10. The van der Waals surface area contributed by atoms with E-state index < -0.39 is 0 Å². The lowest BCUT2D eigenvalue weighted by Gasteiger charge is -2.56. The highest BCUT2D eigenvalue weighted by molar-refractivity contribution is 5.59. The normalized spacial score (nSPS) is 24.5. The van der Waals surface area contributed by atoms with Crippen molar-refractivity contribution in [1.29, 1.82) is 0 Å². The Hall–Kier alpha value is -2.78. The Labute approximate surface area is 192 Å². The molecular weight excluding hydrogens is 392 g/mol. The van der Waals surface area contributed by atoms with Crippen molar-refractivity contribution in [2.75, 3.05) is 31.6 Å². The summed E-state index contributed by atoms with van der Waals surface area (Å²) in [6.07, 6.45) is 2.55. The fourth-order valence-corrected chi connectivity index (χ4v) is 6.10. The maximum Gasteiger partial charge on any atom is 0.142 e. The van der Waals surface area contributed by atoms with Crippen LogP contribution in [0.5, 0.6) is 5.75 Å². The van der Waals surface area contributed by atoms with Crippen molar-refractivity contribution in [3.05, 3.63) is 96.1 Å². The molecule has 3 saturated heterocycles. The van der Waals surface area contributed by atoms with Crippen LogP contribution in [0.3, 0.4) is 0 Å². The van der Waals surface area contributed by atoms with Gasteiger partial charge < -0.3 is 9.64 Å². The van der Waals surface area contributed by atoms with Crippen molar-refractivity contribution < 1.29 is 4.74 Å². The highest BCUT2D eigenvalue weighted by Crippen LogP contribution is 2.45. The van der Waals surface area contributed by atoms with E-state index in [1.54, 1.807) is 0 Å². The predicted octanol–water partition coefficient (Wildman–Crippen LogP) is 5.82. The van der Waals surface area contributed by atoms with E-state index in [2.05, 4.69) is 109 Å². The van der Waals surface area contributed by atoms with Gasteiger partial charge in [0.2, 0.25) is 0 Å². The summed E-state index contributed by atoms with van der Waals surface area (Å²) in [6.45, 7) is 5.14. The predicted molar refractivity (Wildman–Crippen MR) is 133 cm³/mol. The van der Waals surface area contributed by atoms with E-state index in [9.17, 15) is 0 Å². The maximum absolute atomic E-state index is 6.04. The Morgan fingerprint density at radius 1 is 0.844 bits per heavy atom. The van der Waals surface area contributed by atoms with Gasteiger partial charge in [0.05, 0.1) is 12.3 Å². The molecule has 32 heavy (non-hydrogen) atoms. The second-order valence-corrected chi connectivity index (χ2v) is 9.17. The number of piperidine rings is 3. The molecule has 3 aromatic carbocycles. The van der Waals surface area contributed by atoms with Gasteiger partial charge in [0.25, 0.3) is 0 Å². The molecule has 0 amide bonds. The van der Waals surface area contributed by atoms with E-state index in [0.717, 1.165) is 5.75 Å². The second kappa shape index (κ2) is 9.38. The van der Waals surface area contributed by atoms with Gasteiger partial charge in [-0.3, -0.25) is 4.90 Å². The van der Waals surface area contributed by atoms with E-state index in [1.807, 2.05) is 0 Å². The Morgan fingerprint density at radius 2 is 1.41 bits per heavy atom. The second-order valence-electron chi connectivity index (χ2n) is 9.17. The minimum absolute atomic E-state index is 0.340. The summed E-state index contributed by atoms with van der Waals surface area (Å²) in [5.74, 6) is 2.02. The first-order chi connectivity index (χ1) is 15.8. The maximum atomic E-state index is 6.04. The number of hydrogen-bond donors (Lipinski definition) is 0. The average molecular weight is 427 g/mol. The van der Waals surface area contributed by atoms with Crippen LogP contribution >= 0.6 is 0 Å². The molecule has 3 nitrogen and oxygen atoms in total.